The summed E-state index contributed by atoms with van der Waals surface area (Å²) < 4.78 is 7.85. The van der Waals surface area contributed by atoms with Crippen molar-refractivity contribution in [2.75, 3.05) is 19.7 Å². The fraction of sp³-hybridized carbons (Fsp3) is 0.778. The second-order valence-electron chi connectivity index (χ2n) is 7.15. The van der Waals surface area contributed by atoms with E-state index in [2.05, 4.69) is 24.3 Å². The van der Waals surface area contributed by atoms with Crippen molar-refractivity contribution in [3.8, 4) is 0 Å². The van der Waals surface area contributed by atoms with Crippen LogP contribution in [0.2, 0.25) is 0 Å². The highest BCUT2D eigenvalue weighted by Gasteiger charge is 2.40. The maximum Gasteiger partial charge on any atom is 0.187 e. The second-order valence-corrected chi connectivity index (χ2v) is 7.15. The van der Waals surface area contributed by atoms with Gasteiger partial charge < -0.3 is 15.2 Å². The van der Waals surface area contributed by atoms with Gasteiger partial charge in [-0.2, -0.15) is 5.10 Å². The van der Waals surface area contributed by atoms with Crippen LogP contribution in [-0.4, -0.2) is 46.6 Å². The predicted octanol–water partition coefficient (Wildman–Crippen LogP) is 2.12. The third-order valence-electron chi connectivity index (χ3n) is 5.33. The molecule has 3 N–H and O–H groups in total. The molecule has 2 unspecified atom stereocenters. The van der Waals surface area contributed by atoms with E-state index in [-0.39, 0.29) is 18.1 Å². The monoisotopic (exact) mass is 336 g/mol. The molecule has 1 aliphatic rings. The quantitative estimate of drug-likeness (QED) is 0.502. The van der Waals surface area contributed by atoms with E-state index in [0.29, 0.717) is 11.8 Å². The second kappa shape index (κ2) is 8.62. The molecule has 0 spiro atoms. The smallest absolute Gasteiger partial charge is 0.187 e. The standard InChI is InChI=1S/C18H32N4O2/c1-4-14(2)11-16(13-23)24-17(19)18(6-9-20-10-7-18)12-15-5-8-21-22(15)3/h5,8,14,16,19-20,23H,4,6-7,9-13H2,1-3H3. The molecule has 1 aromatic heterocycles. The largest absolute Gasteiger partial charge is 0.475 e. The Kier molecular flexibility index (Phi) is 6.80. The molecule has 136 valence electrons. The number of hydrogen-bond acceptors (Lipinski definition) is 5. The Morgan fingerprint density at radius 3 is 2.75 bits per heavy atom. The van der Waals surface area contributed by atoms with Crippen LogP contribution in [0.4, 0.5) is 0 Å². The lowest BCUT2D eigenvalue weighted by Crippen LogP contribution is -2.46. The first-order valence-corrected chi connectivity index (χ1v) is 9.05. The minimum atomic E-state index is -0.304. The van der Waals surface area contributed by atoms with Crippen LogP contribution in [0, 0.1) is 16.7 Å². The van der Waals surface area contributed by atoms with E-state index < -0.39 is 0 Å². The fourth-order valence-corrected chi connectivity index (χ4v) is 3.38. The van der Waals surface area contributed by atoms with Gasteiger partial charge in [-0.05, 0) is 44.3 Å². The summed E-state index contributed by atoms with van der Waals surface area (Å²) in [6, 6.07) is 2.01. The van der Waals surface area contributed by atoms with Gasteiger partial charge in [0.2, 0.25) is 0 Å². The van der Waals surface area contributed by atoms with Crippen LogP contribution in [0.15, 0.2) is 12.3 Å². The highest BCUT2D eigenvalue weighted by Crippen LogP contribution is 2.35. The van der Waals surface area contributed by atoms with Crippen molar-refractivity contribution in [1.29, 1.82) is 5.41 Å². The van der Waals surface area contributed by atoms with Gasteiger partial charge >= 0.3 is 0 Å². The molecular weight excluding hydrogens is 304 g/mol. The van der Waals surface area contributed by atoms with Crippen LogP contribution in [0.5, 0.6) is 0 Å². The van der Waals surface area contributed by atoms with Gasteiger partial charge in [0.15, 0.2) is 5.90 Å². The Bertz CT molecular complexity index is 523. The molecule has 0 aliphatic carbocycles. The zero-order valence-corrected chi connectivity index (χ0v) is 15.2. The summed E-state index contributed by atoms with van der Waals surface area (Å²) >= 11 is 0. The minimum Gasteiger partial charge on any atom is -0.475 e. The lowest BCUT2D eigenvalue weighted by atomic mass is 9.75. The van der Waals surface area contributed by atoms with Gasteiger partial charge in [-0.1, -0.05) is 20.3 Å². The zero-order valence-electron chi connectivity index (χ0n) is 15.2. The molecule has 2 heterocycles. The molecule has 1 aliphatic heterocycles. The topological polar surface area (TPSA) is 83.2 Å². The first-order valence-electron chi connectivity index (χ1n) is 9.05. The fourth-order valence-electron chi connectivity index (χ4n) is 3.38. The number of aromatic nitrogens is 2. The average molecular weight is 336 g/mol. The normalized spacial score (nSPS) is 19.7. The molecule has 24 heavy (non-hydrogen) atoms. The molecule has 1 saturated heterocycles. The number of nitrogens with one attached hydrogen (secondary N) is 2. The van der Waals surface area contributed by atoms with Crippen LogP contribution in [0.3, 0.4) is 0 Å². The van der Waals surface area contributed by atoms with Gasteiger partial charge in [0.1, 0.15) is 6.10 Å². The average Bonchev–Trinajstić information content (AvgIpc) is 2.99. The predicted molar refractivity (Wildman–Crippen MR) is 95.2 cm³/mol. The van der Waals surface area contributed by atoms with Gasteiger partial charge in [-0.25, -0.2) is 0 Å². The van der Waals surface area contributed by atoms with Crippen molar-refractivity contribution < 1.29 is 9.84 Å². The summed E-state index contributed by atoms with van der Waals surface area (Å²) in [6.45, 7) is 6.04. The maximum atomic E-state index is 9.65. The van der Waals surface area contributed by atoms with E-state index in [0.717, 1.165) is 50.9 Å². The van der Waals surface area contributed by atoms with Crippen LogP contribution in [-0.2, 0) is 18.2 Å². The molecule has 0 aromatic carbocycles. The van der Waals surface area contributed by atoms with Gasteiger partial charge in [-0.3, -0.25) is 10.1 Å². The van der Waals surface area contributed by atoms with E-state index in [1.807, 2.05) is 17.8 Å². The lowest BCUT2D eigenvalue weighted by Gasteiger charge is -2.38. The molecule has 6 heteroatoms. The molecular formula is C18H32N4O2. The van der Waals surface area contributed by atoms with Crippen molar-refractivity contribution in [3.63, 3.8) is 0 Å². The summed E-state index contributed by atoms with van der Waals surface area (Å²) in [4.78, 5) is 0. The molecule has 2 rings (SSSR count). The summed E-state index contributed by atoms with van der Waals surface area (Å²) in [5, 5.41) is 25.9. The van der Waals surface area contributed by atoms with Crippen LogP contribution >= 0.6 is 0 Å². The number of aliphatic hydroxyl groups is 1. The van der Waals surface area contributed by atoms with Crippen molar-refractivity contribution >= 4 is 5.90 Å². The van der Waals surface area contributed by atoms with Crippen LogP contribution in [0.25, 0.3) is 0 Å². The van der Waals surface area contributed by atoms with Gasteiger partial charge in [0, 0.05) is 25.4 Å². The Morgan fingerprint density at radius 2 is 2.21 bits per heavy atom. The minimum absolute atomic E-state index is 0.0350. The highest BCUT2D eigenvalue weighted by atomic mass is 16.5. The molecule has 6 nitrogen and oxygen atoms in total. The highest BCUT2D eigenvalue weighted by molar-refractivity contribution is 5.80. The number of hydrogen-bond donors (Lipinski definition) is 3. The molecule has 1 fully saturated rings. The first-order chi connectivity index (χ1) is 11.5. The first kappa shape index (κ1) is 18.9. The Labute approximate surface area is 145 Å². The van der Waals surface area contributed by atoms with Crippen LogP contribution in [0.1, 0.15) is 45.2 Å². The van der Waals surface area contributed by atoms with E-state index in [1.165, 1.54) is 0 Å². The molecule has 1 aromatic rings. The van der Waals surface area contributed by atoms with E-state index in [9.17, 15) is 5.11 Å². The number of aryl methyl sites for hydroxylation is 1. The van der Waals surface area contributed by atoms with E-state index in [4.69, 9.17) is 10.1 Å². The third-order valence-corrected chi connectivity index (χ3v) is 5.33. The van der Waals surface area contributed by atoms with Crippen molar-refractivity contribution in [1.82, 2.24) is 15.1 Å². The van der Waals surface area contributed by atoms with Gasteiger partial charge in [-0.15, -0.1) is 0 Å². The summed E-state index contributed by atoms with van der Waals surface area (Å²) in [5.74, 6) is 0.809. The Balaban J connectivity index is 2.11. The van der Waals surface area contributed by atoms with Crippen molar-refractivity contribution in [2.24, 2.45) is 18.4 Å². The summed E-state index contributed by atoms with van der Waals surface area (Å²) in [5.41, 5.74) is 0.815. The van der Waals surface area contributed by atoms with Gasteiger partial charge in [0.25, 0.3) is 0 Å². The van der Waals surface area contributed by atoms with Crippen molar-refractivity contribution in [3.05, 3.63) is 18.0 Å². The Hall–Kier alpha value is -1.40. The molecule has 0 amide bonds. The lowest BCUT2D eigenvalue weighted by molar-refractivity contribution is 0.0642. The number of piperidine rings is 1. The molecule has 0 saturated carbocycles. The number of ether oxygens (including phenoxy) is 1. The molecule has 0 radical (unpaired) electrons. The summed E-state index contributed by atoms with van der Waals surface area (Å²) in [6.07, 6.45) is 5.86. The van der Waals surface area contributed by atoms with Crippen molar-refractivity contribution in [2.45, 2.75) is 52.1 Å². The summed E-state index contributed by atoms with van der Waals surface area (Å²) in [7, 11) is 1.94. The SMILES string of the molecule is CCC(C)CC(CO)OC(=N)C1(Cc2ccnn2C)CCNCC1. The Morgan fingerprint density at radius 1 is 1.50 bits per heavy atom. The number of aliphatic hydroxyl groups excluding tert-OH is 1. The third kappa shape index (κ3) is 4.57. The number of nitrogens with zero attached hydrogens (tertiary/aromatic N) is 2. The van der Waals surface area contributed by atoms with E-state index in [1.54, 1.807) is 6.20 Å². The molecule has 2 atom stereocenters. The zero-order chi connectivity index (χ0) is 17.6. The van der Waals surface area contributed by atoms with E-state index >= 15 is 0 Å². The van der Waals surface area contributed by atoms with Gasteiger partial charge in [0.05, 0.1) is 12.0 Å². The maximum absolute atomic E-state index is 9.65. The number of rotatable bonds is 8. The molecule has 0 bridgehead atoms. The van der Waals surface area contributed by atoms with Crippen LogP contribution < -0.4 is 5.32 Å².